The Kier molecular flexibility index (Phi) is 7.33. The van der Waals surface area contributed by atoms with Crippen molar-refractivity contribution >= 4 is 18.3 Å². The number of halogens is 1. The number of amides is 1. The normalized spacial score (nSPS) is 20.3. The van der Waals surface area contributed by atoms with Gasteiger partial charge in [0.1, 0.15) is 17.5 Å². The van der Waals surface area contributed by atoms with E-state index in [0.29, 0.717) is 0 Å². The number of piperidine rings is 2. The van der Waals surface area contributed by atoms with E-state index in [2.05, 4.69) is 37.4 Å². The van der Waals surface area contributed by atoms with E-state index >= 15 is 0 Å². The van der Waals surface area contributed by atoms with Crippen molar-refractivity contribution in [2.75, 3.05) is 33.3 Å². The van der Waals surface area contributed by atoms with Crippen molar-refractivity contribution < 1.29 is 14.3 Å². The van der Waals surface area contributed by atoms with Crippen LogP contribution in [0.15, 0.2) is 18.2 Å². The van der Waals surface area contributed by atoms with Gasteiger partial charge in [0.05, 0.1) is 0 Å². The standard InChI is InChI=1S/C20H30N2O3.ClH/c1-15-4-5-16(2)18(14-15)25-17-6-12-22(13-7-17)19(23)20(24-3)8-10-21-11-9-20;/h4-5,14,17,21H,6-13H2,1-3H3;1H. The molecule has 0 atom stereocenters. The molecule has 146 valence electrons. The number of carbonyl (C=O) groups is 1. The van der Waals surface area contributed by atoms with Crippen LogP contribution >= 0.6 is 12.4 Å². The summed E-state index contributed by atoms with van der Waals surface area (Å²) in [5.74, 6) is 1.12. The molecule has 2 saturated heterocycles. The maximum atomic E-state index is 13.0. The number of benzene rings is 1. The molecule has 0 aliphatic carbocycles. The summed E-state index contributed by atoms with van der Waals surface area (Å²) < 4.78 is 11.9. The second-order valence-electron chi connectivity index (χ2n) is 7.33. The number of hydrogen-bond donors (Lipinski definition) is 1. The summed E-state index contributed by atoms with van der Waals surface area (Å²) in [6, 6.07) is 6.30. The van der Waals surface area contributed by atoms with Crippen LogP contribution in [0.4, 0.5) is 0 Å². The molecule has 2 fully saturated rings. The number of hydrogen-bond acceptors (Lipinski definition) is 4. The van der Waals surface area contributed by atoms with E-state index in [1.54, 1.807) is 7.11 Å². The monoisotopic (exact) mass is 382 g/mol. The zero-order chi connectivity index (χ0) is 17.9. The summed E-state index contributed by atoms with van der Waals surface area (Å²) in [5, 5.41) is 3.31. The lowest BCUT2D eigenvalue weighted by Crippen LogP contribution is -2.57. The third kappa shape index (κ3) is 4.51. The van der Waals surface area contributed by atoms with Crippen LogP contribution in [-0.2, 0) is 9.53 Å². The van der Waals surface area contributed by atoms with Crippen LogP contribution in [0.25, 0.3) is 0 Å². The molecular weight excluding hydrogens is 352 g/mol. The predicted molar refractivity (Wildman–Crippen MR) is 105 cm³/mol. The van der Waals surface area contributed by atoms with E-state index < -0.39 is 5.60 Å². The number of aryl methyl sites for hydroxylation is 2. The molecule has 1 N–H and O–H groups in total. The Balaban J connectivity index is 0.00000243. The first kappa shape index (κ1) is 21.0. The summed E-state index contributed by atoms with van der Waals surface area (Å²) in [4.78, 5) is 15.0. The second-order valence-corrected chi connectivity index (χ2v) is 7.33. The molecule has 1 aromatic rings. The predicted octanol–water partition coefficient (Wildman–Crippen LogP) is 2.86. The Bertz CT molecular complexity index is 609. The highest BCUT2D eigenvalue weighted by atomic mass is 35.5. The molecule has 0 bridgehead atoms. The second kappa shape index (κ2) is 9.07. The van der Waals surface area contributed by atoms with Crippen LogP contribution < -0.4 is 10.1 Å². The number of methoxy groups -OCH3 is 1. The smallest absolute Gasteiger partial charge is 0.254 e. The fraction of sp³-hybridized carbons (Fsp3) is 0.650. The van der Waals surface area contributed by atoms with E-state index in [1.165, 1.54) is 5.56 Å². The van der Waals surface area contributed by atoms with Gasteiger partial charge in [0.15, 0.2) is 0 Å². The van der Waals surface area contributed by atoms with Gasteiger partial charge in [0.2, 0.25) is 0 Å². The van der Waals surface area contributed by atoms with Crippen LogP contribution in [0, 0.1) is 13.8 Å². The van der Waals surface area contributed by atoms with Crippen LogP contribution in [-0.4, -0.2) is 55.8 Å². The van der Waals surface area contributed by atoms with Crippen molar-refractivity contribution in [3.8, 4) is 5.75 Å². The Morgan fingerprint density at radius 2 is 1.85 bits per heavy atom. The summed E-state index contributed by atoms with van der Waals surface area (Å²) in [6.45, 7) is 7.32. The molecular formula is C20H31ClN2O3. The molecule has 26 heavy (non-hydrogen) atoms. The number of likely N-dealkylation sites (tertiary alicyclic amines) is 1. The fourth-order valence-corrected chi connectivity index (χ4v) is 3.81. The number of nitrogens with one attached hydrogen (secondary N) is 1. The highest BCUT2D eigenvalue weighted by molar-refractivity contribution is 5.86. The van der Waals surface area contributed by atoms with Gasteiger partial charge in [0, 0.05) is 33.0 Å². The lowest BCUT2D eigenvalue weighted by molar-refractivity contribution is -0.160. The van der Waals surface area contributed by atoms with Crippen LogP contribution in [0.2, 0.25) is 0 Å². The van der Waals surface area contributed by atoms with Gasteiger partial charge in [-0.25, -0.2) is 0 Å². The fourth-order valence-electron chi connectivity index (χ4n) is 3.81. The van der Waals surface area contributed by atoms with Crippen molar-refractivity contribution in [1.82, 2.24) is 10.2 Å². The molecule has 2 aliphatic heterocycles. The van der Waals surface area contributed by atoms with Crippen molar-refractivity contribution in [2.45, 2.75) is 51.2 Å². The van der Waals surface area contributed by atoms with E-state index in [4.69, 9.17) is 9.47 Å². The van der Waals surface area contributed by atoms with E-state index in [-0.39, 0.29) is 24.4 Å². The molecule has 0 spiro atoms. The van der Waals surface area contributed by atoms with Crippen molar-refractivity contribution in [3.63, 3.8) is 0 Å². The first-order chi connectivity index (χ1) is 12.0. The average molecular weight is 383 g/mol. The van der Waals surface area contributed by atoms with Gasteiger partial charge in [-0.2, -0.15) is 0 Å². The molecule has 5 nitrogen and oxygen atoms in total. The Morgan fingerprint density at radius 1 is 1.19 bits per heavy atom. The molecule has 3 rings (SSSR count). The van der Waals surface area contributed by atoms with Gasteiger partial charge < -0.3 is 19.7 Å². The van der Waals surface area contributed by atoms with Crippen molar-refractivity contribution in [1.29, 1.82) is 0 Å². The zero-order valence-corrected chi connectivity index (χ0v) is 16.9. The zero-order valence-electron chi connectivity index (χ0n) is 16.0. The lowest BCUT2D eigenvalue weighted by Gasteiger charge is -2.41. The van der Waals surface area contributed by atoms with Crippen molar-refractivity contribution in [3.05, 3.63) is 29.3 Å². The van der Waals surface area contributed by atoms with Crippen LogP contribution in [0.3, 0.4) is 0 Å². The first-order valence-corrected chi connectivity index (χ1v) is 9.33. The summed E-state index contributed by atoms with van der Waals surface area (Å²) in [7, 11) is 1.67. The number of rotatable bonds is 4. The molecule has 0 saturated carbocycles. The lowest BCUT2D eigenvalue weighted by atomic mass is 9.89. The van der Waals surface area contributed by atoms with E-state index in [1.807, 2.05) is 4.90 Å². The highest BCUT2D eigenvalue weighted by Gasteiger charge is 2.43. The minimum absolute atomic E-state index is 0. The summed E-state index contributed by atoms with van der Waals surface area (Å²) in [6.07, 6.45) is 3.42. The minimum atomic E-state index is -0.633. The molecule has 2 aliphatic rings. The number of ether oxygens (including phenoxy) is 2. The molecule has 0 aromatic heterocycles. The first-order valence-electron chi connectivity index (χ1n) is 9.33. The number of carbonyl (C=O) groups excluding carboxylic acids is 1. The third-order valence-electron chi connectivity index (χ3n) is 5.56. The average Bonchev–Trinajstić information content (AvgIpc) is 2.65. The Morgan fingerprint density at radius 3 is 2.46 bits per heavy atom. The van der Waals surface area contributed by atoms with Gasteiger partial charge >= 0.3 is 0 Å². The highest BCUT2D eigenvalue weighted by Crippen LogP contribution is 2.28. The molecule has 0 radical (unpaired) electrons. The molecule has 0 unspecified atom stereocenters. The molecule has 6 heteroatoms. The third-order valence-corrected chi connectivity index (χ3v) is 5.56. The van der Waals surface area contributed by atoms with Crippen LogP contribution in [0.5, 0.6) is 5.75 Å². The van der Waals surface area contributed by atoms with Gasteiger partial charge in [-0.15, -0.1) is 12.4 Å². The number of nitrogens with zero attached hydrogens (tertiary/aromatic N) is 1. The maximum absolute atomic E-state index is 13.0. The van der Waals surface area contributed by atoms with Gasteiger partial charge in [-0.05, 0) is 57.0 Å². The van der Waals surface area contributed by atoms with E-state index in [9.17, 15) is 4.79 Å². The van der Waals surface area contributed by atoms with Crippen molar-refractivity contribution in [2.24, 2.45) is 0 Å². The summed E-state index contributed by atoms with van der Waals surface area (Å²) >= 11 is 0. The largest absolute Gasteiger partial charge is 0.490 e. The molecule has 1 aromatic carbocycles. The van der Waals surface area contributed by atoms with Gasteiger partial charge in [-0.3, -0.25) is 4.79 Å². The quantitative estimate of drug-likeness (QED) is 0.869. The Labute approximate surface area is 162 Å². The molecule has 1 amide bonds. The maximum Gasteiger partial charge on any atom is 0.254 e. The van der Waals surface area contributed by atoms with E-state index in [0.717, 1.165) is 63.2 Å². The molecule has 2 heterocycles. The van der Waals surface area contributed by atoms with Crippen LogP contribution in [0.1, 0.15) is 36.8 Å². The van der Waals surface area contributed by atoms with Gasteiger partial charge in [-0.1, -0.05) is 12.1 Å². The summed E-state index contributed by atoms with van der Waals surface area (Å²) in [5.41, 5.74) is 1.74. The van der Waals surface area contributed by atoms with Gasteiger partial charge in [0.25, 0.3) is 5.91 Å². The Hall–Kier alpha value is -1.30. The minimum Gasteiger partial charge on any atom is -0.490 e. The topological polar surface area (TPSA) is 50.8 Å². The SMILES string of the molecule is COC1(C(=O)N2CCC(Oc3cc(C)ccc3C)CC2)CCNCC1.Cl.